The van der Waals surface area contributed by atoms with E-state index >= 15 is 0 Å². The van der Waals surface area contributed by atoms with Crippen molar-refractivity contribution in [2.45, 2.75) is 19.6 Å². The van der Waals surface area contributed by atoms with Crippen LogP contribution in [0.25, 0.3) is 0 Å². The number of hydrogen-bond acceptors (Lipinski definition) is 5. The third-order valence-corrected chi connectivity index (χ3v) is 2.28. The number of aliphatic hydroxyl groups is 1. The first-order valence-electron chi connectivity index (χ1n) is 4.54. The zero-order chi connectivity index (χ0) is 11.6. The van der Waals surface area contributed by atoms with Crippen molar-refractivity contribution in [1.82, 2.24) is 5.32 Å². The maximum absolute atomic E-state index is 11.5. The number of nitriles is 1. The van der Waals surface area contributed by atoms with Gasteiger partial charge in [0.1, 0.15) is 17.6 Å². The molecule has 0 aromatic heterocycles. The molecule has 6 nitrogen and oxygen atoms in total. The van der Waals surface area contributed by atoms with Gasteiger partial charge in [-0.25, -0.2) is 0 Å². The molecule has 15 heavy (non-hydrogen) atoms. The van der Waals surface area contributed by atoms with Crippen molar-refractivity contribution in [2.75, 3.05) is 6.61 Å². The van der Waals surface area contributed by atoms with Gasteiger partial charge in [0, 0.05) is 0 Å². The number of amides is 1. The fourth-order valence-electron chi connectivity index (χ4n) is 1.61. The molecule has 0 aromatic rings. The second-order valence-corrected chi connectivity index (χ2v) is 3.47. The molecule has 1 aliphatic heterocycles. The summed E-state index contributed by atoms with van der Waals surface area (Å²) in [5.41, 5.74) is -1.72. The van der Waals surface area contributed by atoms with Crippen LogP contribution in [0.1, 0.15) is 13.8 Å². The van der Waals surface area contributed by atoms with Gasteiger partial charge in [-0.3, -0.25) is 9.59 Å². The van der Waals surface area contributed by atoms with Gasteiger partial charge in [0.25, 0.3) is 0 Å². The Morgan fingerprint density at radius 3 is 2.87 bits per heavy atom. The quantitative estimate of drug-likeness (QED) is 0.580. The Morgan fingerprint density at radius 1 is 1.80 bits per heavy atom. The number of carbonyl (C=O) groups excluding carboxylic acids is 2. The zero-order valence-electron chi connectivity index (χ0n) is 8.48. The smallest absolute Gasteiger partial charge is 0.315 e. The zero-order valence-corrected chi connectivity index (χ0v) is 8.48. The van der Waals surface area contributed by atoms with Gasteiger partial charge < -0.3 is 15.2 Å². The number of nitrogens with one attached hydrogen (secondary N) is 1. The summed E-state index contributed by atoms with van der Waals surface area (Å²) >= 11 is 0. The van der Waals surface area contributed by atoms with Gasteiger partial charge in [0.15, 0.2) is 0 Å². The molecule has 82 valence electrons. The molecule has 0 aromatic carbocycles. The Kier molecular flexibility index (Phi) is 2.95. The average molecular weight is 212 g/mol. The highest BCUT2D eigenvalue weighted by Gasteiger charge is 2.54. The van der Waals surface area contributed by atoms with E-state index < -0.39 is 29.4 Å². The van der Waals surface area contributed by atoms with E-state index in [-0.39, 0.29) is 6.61 Å². The second kappa shape index (κ2) is 3.87. The normalized spacial score (nSPS) is 34.4. The van der Waals surface area contributed by atoms with E-state index in [2.05, 4.69) is 5.32 Å². The molecule has 1 aliphatic rings. The lowest BCUT2D eigenvalue weighted by molar-refractivity contribution is -0.157. The molecule has 0 saturated carbocycles. The molecule has 1 fully saturated rings. The highest BCUT2D eigenvalue weighted by Crippen LogP contribution is 2.30. The lowest BCUT2D eigenvalue weighted by Crippen LogP contribution is -2.46. The molecule has 3 atom stereocenters. The number of rotatable bonds is 2. The van der Waals surface area contributed by atoms with Crippen LogP contribution in [0.5, 0.6) is 0 Å². The van der Waals surface area contributed by atoms with E-state index in [4.69, 9.17) is 10.00 Å². The van der Waals surface area contributed by atoms with Gasteiger partial charge in [-0.05, 0) is 13.8 Å². The minimum atomic E-state index is -1.72. The maximum atomic E-state index is 11.5. The summed E-state index contributed by atoms with van der Waals surface area (Å²) in [6, 6.07) is 1.69. The topological polar surface area (TPSA) is 99.4 Å². The SMILES string of the molecule is CCOC(=O)C1C(C#N)C(=O)NC1(C)O. The van der Waals surface area contributed by atoms with Crippen LogP contribution >= 0.6 is 0 Å². The van der Waals surface area contributed by atoms with Crippen molar-refractivity contribution in [3.8, 4) is 6.07 Å². The van der Waals surface area contributed by atoms with E-state index in [1.807, 2.05) is 0 Å². The minimum absolute atomic E-state index is 0.137. The Balaban J connectivity index is 2.97. The molecule has 0 radical (unpaired) electrons. The van der Waals surface area contributed by atoms with Crippen molar-refractivity contribution in [2.24, 2.45) is 11.8 Å². The van der Waals surface area contributed by atoms with E-state index in [1.54, 1.807) is 13.0 Å². The second-order valence-electron chi connectivity index (χ2n) is 3.47. The van der Waals surface area contributed by atoms with Gasteiger partial charge in [-0.2, -0.15) is 5.26 Å². The molecule has 3 unspecified atom stereocenters. The summed E-state index contributed by atoms with van der Waals surface area (Å²) in [6.07, 6.45) is 0. The Labute approximate surface area is 86.8 Å². The molecule has 1 heterocycles. The predicted octanol–water partition coefficient (Wildman–Crippen LogP) is -0.856. The summed E-state index contributed by atoms with van der Waals surface area (Å²) in [6.45, 7) is 3.01. The number of nitrogens with zero attached hydrogens (tertiary/aromatic N) is 1. The van der Waals surface area contributed by atoms with E-state index in [0.717, 1.165) is 0 Å². The Hall–Kier alpha value is -1.61. The van der Waals surface area contributed by atoms with E-state index in [0.29, 0.717) is 0 Å². The molecule has 0 bridgehead atoms. The van der Waals surface area contributed by atoms with Gasteiger partial charge in [-0.15, -0.1) is 0 Å². The highest BCUT2D eigenvalue weighted by molar-refractivity contribution is 5.92. The number of ether oxygens (including phenoxy) is 1. The van der Waals surface area contributed by atoms with Crippen LogP contribution in [0.3, 0.4) is 0 Å². The van der Waals surface area contributed by atoms with E-state index in [9.17, 15) is 14.7 Å². The minimum Gasteiger partial charge on any atom is -0.466 e. The molecule has 2 N–H and O–H groups in total. The van der Waals surface area contributed by atoms with Crippen molar-refractivity contribution in [1.29, 1.82) is 5.26 Å². The van der Waals surface area contributed by atoms with Crippen LogP contribution in [0, 0.1) is 23.2 Å². The molecule has 1 rings (SSSR count). The van der Waals surface area contributed by atoms with Gasteiger partial charge in [-0.1, -0.05) is 0 Å². The molecule has 1 amide bonds. The van der Waals surface area contributed by atoms with E-state index in [1.165, 1.54) is 6.92 Å². The van der Waals surface area contributed by atoms with Crippen LogP contribution in [-0.4, -0.2) is 29.3 Å². The predicted molar refractivity (Wildman–Crippen MR) is 48.0 cm³/mol. The van der Waals surface area contributed by atoms with Crippen molar-refractivity contribution in [3.05, 3.63) is 0 Å². The summed E-state index contributed by atoms with van der Waals surface area (Å²) in [7, 11) is 0. The largest absolute Gasteiger partial charge is 0.466 e. The molecule has 0 spiro atoms. The standard InChI is InChI=1S/C9H12N2O4/c1-3-15-8(13)6-5(4-10)7(12)11-9(6,2)14/h5-6,14H,3H2,1-2H3,(H,11,12). The lowest BCUT2D eigenvalue weighted by atomic mass is 9.89. The van der Waals surface area contributed by atoms with Crippen LogP contribution in [0.2, 0.25) is 0 Å². The third kappa shape index (κ3) is 1.92. The Morgan fingerprint density at radius 2 is 2.40 bits per heavy atom. The summed E-state index contributed by atoms with van der Waals surface area (Å²) < 4.78 is 4.70. The first-order chi connectivity index (χ1) is 6.94. The van der Waals surface area contributed by atoms with Crippen molar-refractivity contribution < 1.29 is 19.4 Å². The molecular weight excluding hydrogens is 200 g/mol. The van der Waals surface area contributed by atoms with Gasteiger partial charge in [0.05, 0.1) is 12.7 Å². The number of esters is 1. The van der Waals surface area contributed by atoms with Crippen LogP contribution in [0.15, 0.2) is 0 Å². The lowest BCUT2D eigenvalue weighted by Gasteiger charge is -2.23. The fraction of sp³-hybridized carbons (Fsp3) is 0.667. The highest BCUT2D eigenvalue weighted by atomic mass is 16.5. The van der Waals surface area contributed by atoms with Crippen molar-refractivity contribution >= 4 is 11.9 Å². The molecule has 1 saturated heterocycles. The summed E-state index contributed by atoms with van der Waals surface area (Å²) in [5, 5.41) is 20.6. The maximum Gasteiger partial charge on any atom is 0.315 e. The van der Waals surface area contributed by atoms with Crippen LogP contribution in [-0.2, 0) is 14.3 Å². The Bertz CT molecular complexity index is 331. The van der Waals surface area contributed by atoms with Gasteiger partial charge >= 0.3 is 5.97 Å². The number of carbonyl (C=O) groups is 2. The first-order valence-corrected chi connectivity index (χ1v) is 4.54. The van der Waals surface area contributed by atoms with Crippen molar-refractivity contribution in [3.63, 3.8) is 0 Å². The summed E-state index contributed by atoms with van der Waals surface area (Å²) in [5.74, 6) is -3.76. The molecule has 0 aliphatic carbocycles. The van der Waals surface area contributed by atoms with Gasteiger partial charge in [0.2, 0.25) is 5.91 Å². The van der Waals surface area contributed by atoms with Crippen LogP contribution in [0.4, 0.5) is 0 Å². The first kappa shape index (κ1) is 11.5. The van der Waals surface area contributed by atoms with Crippen LogP contribution < -0.4 is 5.32 Å². The average Bonchev–Trinajstić information content (AvgIpc) is 2.35. The number of hydrogen-bond donors (Lipinski definition) is 2. The molecule has 6 heteroatoms. The fourth-order valence-corrected chi connectivity index (χ4v) is 1.61. The monoisotopic (exact) mass is 212 g/mol. The summed E-state index contributed by atoms with van der Waals surface area (Å²) in [4.78, 5) is 22.7. The molecular formula is C9H12N2O4. The third-order valence-electron chi connectivity index (χ3n) is 2.28.